The summed E-state index contributed by atoms with van der Waals surface area (Å²) in [5.41, 5.74) is 8.17. The quantitative estimate of drug-likeness (QED) is 0.171. The van der Waals surface area contributed by atoms with Gasteiger partial charge in [0, 0.05) is 43.8 Å². The summed E-state index contributed by atoms with van der Waals surface area (Å²) in [7, 11) is 0. The van der Waals surface area contributed by atoms with Gasteiger partial charge in [0.05, 0.1) is 24.9 Å². The smallest absolute Gasteiger partial charge is 0.166 e. The van der Waals surface area contributed by atoms with E-state index in [2.05, 4.69) is 12.1 Å². The summed E-state index contributed by atoms with van der Waals surface area (Å²) < 4.78 is 61.9. The highest BCUT2D eigenvalue weighted by atomic mass is 16.3. The van der Waals surface area contributed by atoms with Crippen molar-refractivity contribution in [2.45, 2.75) is 0 Å². The molecule has 3 heterocycles. The van der Waals surface area contributed by atoms with Crippen molar-refractivity contribution in [3.8, 4) is 62.1 Å². The molecular formula is C51H32N4O. The topological polar surface area (TPSA) is 56.7 Å². The van der Waals surface area contributed by atoms with E-state index in [4.69, 9.17) is 24.9 Å². The lowest BCUT2D eigenvalue weighted by Crippen LogP contribution is -2.04. The van der Waals surface area contributed by atoms with Gasteiger partial charge >= 0.3 is 0 Å². The third-order valence-electron chi connectivity index (χ3n) is 10.2. The molecule has 0 spiro atoms. The number of fused-ring (bicyclic) bond motifs is 6. The molecule has 0 aliphatic carbocycles. The largest absolute Gasteiger partial charge is 0.455 e. The number of benzene rings is 8. The summed E-state index contributed by atoms with van der Waals surface area (Å²) in [5.74, 6) is 1.15. The minimum Gasteiger partial charge on any atom is -0.455 e. The maximum Gasteiger partial charge on any atom is 0.166 e. The molecule has 0 saturated heterocycles. The SMILES string of the molecule is [2H]c1cc([2H])c2c(c1[2H])c1c([2H])c([2H])cc([2H])c1n2-c1ccc(-c2cccc3c2oc2ccccc23)cc1-c1nc(-c2ccccc2)nc(-c2ccc(-c3ccccc3)cc2)n1. The molecule has 5 nitrogen and oxygen atoms in total. The van der Waals surface area contributed by atoms with Gasteiger partial charge in [-0.3, -0.25) is 0 Å². The number of hydrogen-bond donors (Lipinski definition) is 0. The van der Waals surface area contributed by atoms with E-state index >= 15 is 0 Å². The summed E-state index contributed by atoms with van der Waals surface area (Å²) in [5, 5.41) is 2.27. The molecule has 262 valence electrons. The van der Waals surface area contributed by atoms with Crippen molar-refractivity contribution < 1.29 is 12.6 Å². The maximum atomic E-state index is 9.24. The fraction of sp³-hybridized carbons (Fsp3) is 0. The highest BCUT2D eigenvalue weighted by Gasteiger charge is 2.21. The van der Waals surface area contributed by atoms with Crippen LogP contribution in [0.2, 0.25) is 0 Å². The standard InChI is InChI=1S/C51H32N4O/c1-3-14-33(15-4-1)34-26-28-36(29-27-34)50-52-49(35-16-5-2-6-17-35)53-51(54-50)43-32-37(38-21-13-22-42-41-20-9-12-25-47(41)56-48(38)42)30-31-46(43)55-44-23-10-7-18-39(44)40-19-8-11-24-45(40)55/h1-32H/i7D,8D,18D,19D,23D,24D. The average Bonchev–Trinajstić information content (AvgIpc) is 3.88. The molecule has 0 fully saturated rings. The zero-order valence-electron chi connectivity index (χ0n) is 35.7. The van der Waals surface area contributed by atoms with Crippen molar-refractivity contribution in [3.63, 3.8) is 0 Å². The monoisotopic (exact) mass is 722 g/mol. The number of nitrogens with zero attached hydrogens (tertiary/aromatic N) is 4. The van der Waals surface area contributed by atoms with Crippen molar-refractivity contribution in [1.29, 1.82) is 0 Å². The van der Waals surface area contributed by atoms with Crippen LogP contribution < -0.4 is 0 Å². The summed E-state index contributed by atoms with van der Waals surface area (Å²) >= 11 is 0. The van der Waals surface area contributed by atoms with E-state index < -0.39 is 0 Å². The Kier molecular flexibility index (Phi) is 6.10. The van der Waals surface area contributed by atoms with Gasteiger partial charge in [0.2, 0.25) is 0 Å². The zero-order chi connectivity index (χ0) is 42.2. The van der Waals surface area contributed by atoms with E-state index in [1.165, 1.54) is 12.1 Å². The van der Waals surface area contributed by atoms with E-state index in [1.54, 1.807) is 4.57 Å². The van der Waals surface area contributed by atoms with E-state index in [9.17, 15) is 2.74 Å². The maximum absolute atomic E-state index is 9.24. The molecule has 11 rings (SSSR count). The van der Waals surface area contributed by atoms with Crippen LogP contribution in [0.4, 0.5) is 0 Å². The molecule has 0 aliphatic heterocycles. The lowest BCUT2D eigenvalue weighted by molar-refractivity contribution is 0.670. The van der Waals surface area contributed by atoms with E-state index in [-0.39, 0.29) is 58.1 Å². The molecular weight excluding hydrogens is 685 g/mol. The molecule has 0 unspecified atom stereocenters. The van der Waals surface area contributed by atoms with Crippen LogP contribution in [0.3, 0.4) is 0 Å². The van der Waals surface area contributed by atoms with Gasteiger partial charge < -0.3 is 8.98 Å². The third kappa shape index (κ3) is 5.29. The minimum atomic E-state index is -0.194. The van der Waals surface area contributed by atoms with Crippen molar-refractivity contribution in [1.82, 2.24) is 19.5 Å². The van der Waals surface area contributed by atoms with Crippen molar-refractivity contribution in [2.75, 3.05) is 0 Å². The number of rotatable bonds is 6. The predicted molar refractivity (Wildman–Crippen MR) is 229 cm³/mol. The Bertz CT molecular complexity index is 3520. The number of aromatic nitrogens is 4. The molecule has 56 heavy (non-hydrogen) atoms. The molecule has 0 amide bonds. The Balaban J connectivity index is 1.23. The second kappa shape index (κ2) is 13.0. The first kappa shape index (κ1) is 26.2. The first-order valence-electron chi connectivity index (χ1n) is 21.3. The fourth-order valence-electron chi connectivity index (χ4n) is 7.59. The Morgan fingerprint density at radius 3 is 1.68 bits per heavy atom. The van der Waals surface area contributed by atoms with Gasteiger partial charge in [0.1, 0.15) is 11.2 Å². The van der Waals surface area contributed by atoms with Crippen LogP contribution in [-0.2, 0) is 0 Å². The summed E-state index contributed by atoms with van der Waals surface area (Å²) in [6, 6.07) is 49.3. The second-order valence-electron chi connectivity index (χ2n) is 13.5. The number of para-hydroxylation sites is 4. The van der Waals surface area contributed by atoms with Crippen LogP contribution in [0, 0.1) is 0 Å². The Hall–Kier alpha value is -7.63. The van der Waals surface area contributed by atoms with Gasteiger partial charge in [0.25, 0.3) is 0 Å². The molecule has 0 N–H and O–H groups in total. The van der Waals surface area contributed by atoms with Gasteiger partial charge in [-0.1, -0.05) is 164 Å². The third-order valence-corrected chi connectivity index (χ3v) is 10.2. The van der Waals surface area contributed by atoms with Gasteiger partial charge in [-0.15, -0.1) is 0 Å². The Labute approximate surface area is 331 Å². The highest BCUT2D eigenvalue weighted by molar-refractivity contribution is 6.11. The Morgan fingerprint density at radius 2 is 0.964 bits per heavy atom. The predicted octanol–water partition coefficient (Wildman–Crippen LogP) is 13.2. The molecule has 5 heteroatoms. The van der Waals surface area contributed by atoms with Crippen LogP contribution >= 0.6 is 0 Å². The van der Waals surface area contributed by atoms with Crippen LogP contribution in [0.15, 0.2) is 198 Å². The van der Waals surface area contributed by atoms with Gasteiger partial charge in [0.15, 0.2) is 17.5 Å². The van der Waals surface area contributed by atoms with Gasteiger partial charge in [-0.05, 0) is 47.0 Å². The zero-order valence-corrected chi connectivity index (χ0v) is 29.7. The van der Waals surface area contributed by atoms with E-state index in [0.717, 1.165) is 49.7 Å². The average molecular weight is 723 g/mol. The van der Waals surface area contributed by atoms with Crippen LogP contribution in [0.5, 0.6) is 0 Å². The van der Waals surface area contributed by atoms with Crippen LogP contribution in [-0.4, -0.2) is 19.5 Å². The molecule has 8 aromatic carbocycles. The van der Waals surface area contributed by atoms with Crippen molar-refractivity contribution >= 4 is 43.7 Å². The first-order valence-corrected chi connectivity index (χ1v) is 18.3. The fourth-order valence-corrected chi connectivity index (χ4v) is 7.59. The van der Waals surface area contributed by atoms with E-state index in [0.29, 0.717) is 34.3 Å². The van der Waals surface area contributed by atoms with E-state index in [1.807, 2.05) is 133 Å². The van der Waals surface area contributed by atoms with Crippen LogP contribution in [0.1, 0.15) is 8.22 Å². The molecule has 0 radical (unpaired) electrons. The second-order valence-corrected chi connectivity index (χ2v) is 13.5. The number of furan rings is 1. The lowest BCUT2D eigenvalue weighted by atomic mass is 9.98. The summed E-state index contributed by atoms with van der Waals surface area (Å²) in [6.07, 6.45) is 0. The molecule has 11 aromatic rings. The highest BCUT2D eigenvalue weighted by Crippen LogP contribution is 2.41. The molecule has 0 aliphatic rings. The van der Waals surface area contributed by atoms with Crippen LogP contribution in [0.25, 0.3) is 106 Å². The normalized spacial score (nSPS) is 13.1. The summed E-state index contributed by atoms with van der Waals surface area (Å²) in [4.78, 5) is 15.3. The molecule has 3 aromatic heterocycles. The lowest BCUT2D eigenvalue weighted by Gasteiger charge is -2.16. The molecule has 0 bridgehead atoms. The first-order chi connectivity index (χ1) is 30.2. The Morgan fingerprint density at radius 1 is 0.411 bits per heavy atom. The van der Waals surface area contributed by atoms with Gasteiger partial charge in [-0.2, -0.15) is 0 Å². The molecule has 0 saturated carbocycles. The summed E-state index contributed by atoms with van der Waals surface area (Å²) in [6.45, 7) is 0. The van der Waals surface area contributed by atoms with Crippen molar-refractivity contribution in [3.05, 3.63) is 194 Å². The van der Waals surface area contributed by atoms with Crippen molar-refractivity contribution in [2.24, 2.45) is 0 Å². The van der Waals surface area contributed by atoms with Gasteiger partial charge in [-0.25, -0.2) is 15.0 Å². The minimum absolute atomic E-state index is 0.0654. The molecule has 0 atom stereocenters. The number of hydrogen-bond acceptors (Lipinski definition) is 4.